The van der Waals surface area contributed by atoms with E-state index in [4.69, 9.17) is 17.3 Å². The lowest BCUT2D eigenvalue weighted by atomic mass is 10.1. The molecule has 0 aliphatic heterocycles. The van der Waals surface area contributed by atoms with Gasteiger partial charge in [-0.1, -0.05) is 29.8 Å². The molecule has 0 aliphatic carbocycles. The van der Waals surface area contributed by atoms with Crippen molar-refractivity contribution in [1.29, 1.82) is 0 Å². The van der Waals surface area contributed by atoms with Crippen molar-refractivity contribution < 1.29 is 4.39 Å². The lowest BCUT2D eigenvalue weighted by Crippen LogP contribution is -2.19. The quantitative estimate of drug-likeness (QED) is 0.894. The highest BCUT2D eigenvalue weighted by molar-refractivity contribution is 6.30. The van der Waals surface area contributed by atoms with Gasteiger partial charge in [0.05, 0.1) is 23.8 Å². The van der Waals surface area contributed by atoms with Gasteiger partial charge in [0.2, 0.25) is 0 Å². The van der Waals surface area contributed by atoms with Crippen LogP contribution in [0.2, 0.25) is 5.02 Å². The molecule has 0 saturated heterocycles. The molecule has 0 amide bonds. The minimum atomic E-state index is -0.433. The lowest BCUT2D eigenvalue weighted by molar-refractivity contribution is 0.501. The molecule has 1 aromatic carbocycles. The van der Waals surface area contributed by atoms with E-state index >= 15 is 0 Å². The molecular weight excluding hydrogens is 229 g/mol. The summed E-state index contributed by atoms with van der Waals surface area (Å²) in [6.07, 6.45) is 3.18. The molecular formula is C11H11ClFN3. The third-order valence-corrected chi connectivity index (χ3v) is 2.49. The number of halogens is 2. The van der Waals surface area contributed by atoms with Crippen LogP contribution >= 0.6 is 11.6 Å². The summed E-state index contributed by atoms with van der Waals surface area (Å²) >= 11 is 5.72. The molecule has 0 fully saturated rings. The van der Waals surface area contributed by atoms with E-state index in [0.717, 1.165) is 0 Å². The summed E-state index contributed by atoms with van der Waals surface area (Å²) in [6.45, 7) is 0.396. The molecule has 0 radical (unpaired) electrons. The van der Waals surface area contributed by atoms with Gasteiger partial charge in [-0.15, -0.1) is 0 Å². The van der Waals surface area contributed by atoms with Gasteiger partial charge >= 0.3 is 0 Å². The van der Waals surface area contributed by atoms with Crippen LogP contribution in [0, 0.1) is 5.82 Å². The molecule has 0 spiro atoms. The van der Waals surface area contributed by atoms with Crippen molar-refractivity contribution >= 4 is 11.6 Å². The van der Waals surface area contributed by atoms with Crippen molar-refractivity contribution in [1.82, 2.24) is 9.78 Å². The van der Waals surface area contributed by atoms with Gasteiger partial charge in [-0.05, 0) is 6.07 Å². The summed E-state index contributed by atoms with van der Waals surface area (Å²) in [5.74, 6) is -0.298. The average Bonchev–Trinajstić information content (AvgIpc) is 2.64. The van der Waals surface area contributed by atoms with Crippen molar-refractivity contribution in [3.63, 3.8) is 0 Å². The molecule has 1 unspecified atom stereocenters. The molecule has 0 saturated carbocycles. The first-order chi connectivity index (χ1) is 7.66. The molecule has 1 heterocycles. The first-order valence-electron chi connectivity index (χ1n) is 4.85. The first-order valence-corrected chi connectivity index (χ1v) is 5.22. The van der Waals surface area contributed by atoms with Crippen molar-refractivity contribution in [3.05, 3.63) is 53.1 Å². The van der Waals surface area contributed by atoms with Gasteiger partial charge in [0, 0.05) is 11.8 Å². The summed E-state index contributed by atoms with van der Waals surface area (Å²) < 4.78 is 15.0. The summed E-state index contributed by atoms with van der Waals surface area (Å²) in [5, 5.41) is 4.54. The van der Waals surface area contributed by atoms with Crippen molar-refractivity contribution in [3.8, 4) is 0 Å². The van der Waals surface area contributed by atoms with Crippen LogP contribution in [0.4, 0.5) is 4.39 Å². The number of hydrogen-bond donors (Lipinski definition) is 1. The fourth-order valence-corrected chi connectivity index (χ4v) is 1.67. The minimum absolute atomic E-state index is 0.298. The number of rotatable bonds is 3. The molecule has 5 heteroatoms. The Hall–Kier alpha value is -1.39. The zero-order valence-electron chi connectivity index (χ0n) is 8.48. The average molecular weight is 240 g/mol. The maximum atomic E-state index is 13.4. The largest absolute Gasteiger partial charge is 0.322 e. The Morgan fingerprint density at radius 2 is 2.19 bits per heavy atom. The van der Waals surface area contributed by atoms with Crippen LogP contribution < -0.4 is 5.73 Å². The second kappa shape index (κ2) is 4.63. The smallest absolute Gasteiger partial charge is 0.128 e. The van der Waals surface area contributed by atoms with Crippen LogP contribution in [-0.2, 0) is 6.54 Å². The van der Waals surface area contributed by atoms with E-state index in [9.17, 15) is 4.39 Å². The molecule has 16 heavy (non-hydrogen) atoms. The van der Waals surface area contributed by atoms with E-state index in [2.05, 4.69) is 5.10 Å². The van der Waals surface area contributed by atoms with Gasteiger partial charge in [0.15, 0.2) is 0 Å². The molecule has 0 bridgehead atoms. The molecule has 3 nitrogen and oxygen atoms in total. The molecule has 2 N–H and O–H groups in total. The molecule has 0 aliphatic rings. The van der Waals surface area contributed by atoms with E-state index in [-0.39, 0.29) is 5.82 Å². The van der Waals surface area contributed by atoms with Gasteiger partial charge in [0.1, 0.15) is 5.82 Å². The minimum Gasteiger partial charge on any atom is -0.322 e. The van der Waals surface area contributed by atoms with Crippen LogP contribution in [0.25, 0.3) is 0 Å². The monoisotopic (exact) mass is 239 g/mol. The molecule has 2 aromatic rings. The van der Waals surface area contributed by atoms with Gasteiger partial charge in [0.25, 0.3) is 0 Å². The summed E-state index contributed by atoms with van der Waals surface area (Å²) in [4.78, 5) is 0. The Morgan fingerprint density at radius 3 is 2.81 bits per heavy atom. The number of hydrogen-bond acceptors (Lipinski definition) is 2. The van der Waals surface area contributed by atoms with E-state index in [0.29, 0.717) is 17.1 Å². The Kier molecular flexibility index (Phi) is 3.22. The Balaban J connectivity index is 2.14. The van der Waals surface area contributed by atoms with Crippen molar-refractivity contribution in [2.75, 3.05) is 0 Å². The molecule has 84 valence electrons. The third-order valence-electron chi connectivity index (χ3n) is 2.29. The zero-order chi connectivity index (χ0) is 11.5. The number of benzene rings is 1. The number of nitrogens with zero attached hydrogens (tertiary/aromatic N) is 2. The van der Waals surface area contributed by atoms with E-state index < -0.39 is 6.04 Å². The third kappa shape index (κ3) is 2.40. The fourth-order valence-electron chi connectivity index (χ4n) is 1.51. The molecule has 1 aromatic heterocycles. The Bertz CT molecular complexity index is 484. The fraction of sp³-hybridized carbons (Fsp3) is 0.182. The summed E-state index contributed by atoms with van der Waals surface area (Å²) in [5.41, 5.74) is 6.37. The van der Waals surface area contributed by atoms with E-state index in [1.165, 1.54) is 12.3 Å². The molecule has 1 atom stereocenters. The number of aromatic nitrogens is 2. The van der Waals surface area contributed by atoms with E-state index in [1.807, 2.05) is 0 Å². The highest BCUT2D eigenvalue weighted by Crippen LogP contribution is 2.16. The SMILES string of the molecule is NC(Cn1cc(Cl)cn1)c1ccccc1F. The predicted octanol–water partition coefficient (Wildman–Crippen LogP) is 2.38. The second-order valence-corrected chi connectivity index (χ2v) is 3.95. The second-order valence-electron chi connectivity index (χ2n) is 3.51. The Labute approximate surface area is 97.6 Å². The predicted molar refractivity (Wildman–Crippen MR) is 60.6 cm³/mol. The summed E-state index contributed by atoms with van der Waals surface area (Å²) in [6, 6.07) is 6.03. The van der Waals surface area contributed by atoms with Gasteiger partial charge in [-0.3, -0.25) is 4.68 Å². The topological polar surface area (TPSA) is 43.8 Å². The molecule has 2 rings (SSSR count). The standard InChI is InChI=1S/C11H11ClFN3/c12-8-5-15-16(6-8)7-11(14)9-3-1-2-4-10(9)13/h1-6,11H,7,14H2. The highest BCUT2D eigenvalue weighted by atomic mass is 35.5. The summed E-state index contributed by atoms with van der Waals surface area (Å²) in [7, 11) is 0. The highest BCUT2D eigenvalue weighted by Gasteiger charge is 2.11. The maximum absolute atomic E-state index is 13.4. The Morgan fingerprint density at radius 1 is 1.44 bits per heavy atom. The van der Waals surface area contributed by atoms with Crippen molar-refractivity contribution in [2.24, 2.45) is 5.73 Å². The van der Waals surface area contributed by atoms with Crippen LogP contribution in [0.5, 0.6) is 0 Å². The normalized spacial score (nSPS) is 12.7. The van der Waals surface area contributed by atoms with Gasteiger partial charge in [-0.2, -0.15) is 5.10 Å². The van der Waals surface area contributed by atoms with Crippen LogP contribution in [0.15, 0.2) is 36.7 Å². The van der Waals surface area contributed by atoms with Crippen LogP contribution in [0.1, 0.15) is 11.6 Å². The first kappa shape index (κ1) is 11.1. The van der Waals surface area contributed by atoms with Crippen molar-refractivity contribution in [2.45, 2.75) is 12.6 Å². The van der Waals surface area contributed by atoms with Crippen LogP contribution in [0.3, 0.4) is 0 Å². The van der Waals surface area contributed by atoms with Gasteiger partial charge < -0.3 is 5.73 Å². The van der Waals surface area contributed by atoms with E-state index in [1.54, 1.807) is 29.1 Å². The number of nitrogens with two attached hydrogens (primary N) is 1. The van der Waals surface area contributed by atoms with Crippen LogP contribution in [-0.4, -0.2) is 9.78 Å². The maximum Gasteiger partial charge on any atom is 0.128 e. The zero-order valence-corrected chi connectivity index (χ0v) is 9.23. The lowest BCUT2D eigenvalue weighted by Gasteiger charge is -2.12. The van der Waals surface area contributed by atoms with Gasteiger partial charge in [-0.25, -0.2) is 4.39 Å².